The molecule has 0 aliphatic carbocycles. The van der Waals surface area contributed by atoms with Crippen LogP contribution in [-0.4, -0.2) is 50.2 Å². The lowest BCUT2D eigenvalue weighted by molar-refractivity contribution is 0.0641. The lowest BCUT2D eigenvalue weighted by Crippen LogP contribution is -2.42. The van der Waals surface area contributed by atoms with Crippen molar-refractivity contribution in [3.05, 3.63) is 41.6 Å². The maximum atomic E-state index is 13.2. The van der Waals surface area contributed by atoms with E-state index in [1.165, 1.54) is 18.0 Å². The molecule has 0 saturated heterocycles. The molecule has 1 N–H and O–H groups in total. The molecule has 0 unspecified atom stereocenters. The molecule has 0 spiro atoms. The summed E-state index contributed by atoms with van der Waals surface area (Å²) in [7, 11) is 0. The van der Waals surface area contributed by atoms with Crippen LogP contribution in [0.15, 0.2) is 35.6 Å². The van der Waals surface area contributed by atoms with Crippen LogP contribution in [-0.2, 0) is 0 Å². The molecule has 1 amide bonds. The molecule has 138 valence electrons. The van der Waals surface area contributed by atoms with Crippen molar-refractivity contribution in [3.63, 3.8) is 0 Å². The first-order valence-corrected chi connectivity index (χ1v) is 9.56. The van der Waals surface area contributed by atoms with Crippen LogP contribution in [0.25, 0.3) is 11.3 Å². The molecule has 0 radical (unpaired) electrons. The average molecular weight is 373 g/mol. The Kier molecular flexibility index (Phi) is 6.37. The van der Waals surface area contributed by atoms with E-state index in [0.717, 1.165) is 0 Å². The number of rotatable bonds is 6. The molecular formula is C19H23N3O3S. The molecular weight excluding hydrogens is 350 g/mol. The standard InChI is InChI=1S/C19H23N3O3S/c1-11(2)22(12(3)4)17(23)14-9-7-6-8-13(14)16-15(18(24)25)10-20-19(21-16)26-5/h6-12H,1-5H3,(H,24,25). The topological polar surface area (TPSA) is 83.4 Å². The Bertz CT molecular complexity index is 813. The zero-order valence-electron chi connectivity index (χ0n) is 15.6. The fourth-order valence-electron chi connectivity index (χ4n) is 2.91. The summed E-state index contributed by atoms with van der Waals surface area (Å²) < 4.78 is 0. The normalized spacial score (nSPS) is 11.0. The Balaban J connectivity index is 2.67. The number of thioether (sulfide) groups is 1. The van der Waals surface area contributed by atoms with E-state index in [1.54, 1.807) is 29.2 Å². The number of carbonyl (C=O) groups excluding carboxylic acids is 1. The van der Waals surface area contributed by atoms with Crippen LogP contribution in [0.3, 0.4) is 0 Å². The molecule has 0 aliphatic rings. The molecule has 1 heterocycles. The SMILES string of the molecule is CSc1ncc(C(=O)O)c(-c2ccccc2C(=O)N(C(C)C)C(C)C)n1. The van der Waals surface area contributed by atoms with Crippen LogP contribution in [0.1, 0.15) is 48.4 Å². The monoisotopic (exact) mass is 373 g/mol. The first-order chi connectivity index (χ1) is 12.3. The second-order valence-electron chi connectivity index (χ2n) is 6.37. The van der Waals surface area contributed by atoms with Crippen LogP contribution < -0.4 is 0 Å². The van der Waals surface area contributed by atoms with Crippen molar-refractivity contribution >= 4 is 23.6 Å². The number of aromatic carboxylic acids is 1. The van der Waals surface area contributed by atoms with Gasteiger partial charge in [0.25, 0.3) is 5.91 Å². The van der Waals surface area contributed by atoms with Crippen LogP contribution >= 0.6 is 11.8 Å². The maximum absolute atomic E-state index is 13.2. The Labute approximate surface area is 157 Å². The Morgan fingerprint density at radius 3 is 2.23 bits per heavy atom. The highest BCUT2D eigenvalue weighted by Gasteiger charge is 2.26. The number of carboxylic acids is 1. The summed E-state index contributed by atoms with van der Waals surface area (Å²) in [6.45, 7) is 7.83. The third-order valence-corrected chi connectivity index (χ3v) is 4.50. The van der Waals surface area contributed by atoms with Gasteiger partial charge < -0.3 is 10.0 Å². The van der Waals surface area contributed by atoms with Gasteiger partial charge in [0, 0.05) is 29.4 Å². The largest absolute Gasteiger partial charge is 0.478 e. The summed E-state index contributed by atoms with van der Waals surface area (Å²) in [6, 6.07) is 7.01. The molecule has 6 nitrogen and oxygen atoms in total. The van der Waals surface area contributed by atoms with Crippen LogP contribution in [0.4, 0.5) is 0 Å². The van der Waals surface area contributed by atoms with Crippen LogP contribution in [0.2, 0.25) is 0 Å². The third kappa shape index (κ3) is 4.04. The van der Waals surface area contributed by atoms with E-state index in [4.69, 9.17) is 0 Å². The van der Waals surface area contributed by atoms with Crippen molar-refractivity contribution in [3.8, 4) is 11.3 Å². The fourth-order valence-corrected chi connectivity index (χ4v) is 3.25. The van der Waals surface area contributed by atoms with E-state index in [0.29, 0.717) is 16.3 Å². The second-order valence-corrected chi connectivity index (χ2v) is 7.14. The van der Waals surface area contributed by atoms with Gasteiger partial charge >= 0.3 is 5.97 Å². The van der Waals surface area contributed by atoms with Gasteiger partial charge in [-0.1, -0.05) is 30.0 Å². The van der Waals surface area contributed by atoms with Gasteiger partial charge in [-0.25, -0.2) is 14.8 Å². The Hall–Kier alpha value is -2.41. The number of carboxylic acid groups (broad SMARTS) is 1. The summed E-state index contributed by atoms with van der Waals surface area (Å²) in [5.41, 5.74) is 1.17. The predicted molar refractivity (Wildman–Crippen MR) is 103 cm³/mol. The number of amides is 1. The summed E-state index contributed by atoms with van der Waals surface area (Å²) in [5, 5.41) is 9.98. The molecule has 0 aliphatic heterocycles. The van der Waals surface area contributed by atoms with Crippen molar-refractivity contribution in [1.82, 2.24) is 14.9 Å². The van der Waals surface area contributed by atoms with Gasteiger partial charge in [-0.3, -0.25) is 4.79 Å². The number of nitrogens with zero attached hydrogens (tertiary/aromatic N) is 3. The molecule has 2 aromatic rings. The van der Waals surface area contributed by atoms with E-state index in [9.17, 15) is 14.7 Å². The Morgan fingerprint density at radius 1 is 1.08 bits per heavy atom. The molecule has 7 heteroatoms. The van der Waals surface area contributed by atoms with E-state index < -0.39 is 5.97 Å². The molecule has 2 rings (SSSR count). The number of hydrogen-bond donors (Lipinski definition) is 1. The smallest absolute Gasteiger partial charge is 0.339 e. The van der Waals surface area contributed by atoms with Crippen molar-refractivity contribution in [2.45, 2.75) is 44.9 Å². The molecule has 26 heavy (non-hydrogen) atoms. The molecule has 0 atom stereocenters. The van der Waals surface area contributed by atoms with Gasteiger partial charge in [-0.15, -0.1) is 0 Å². The Morgan fingerprint density at radius 2 is 1.69 bits per heavy atom. The maximum Gasteiger partial charge on any atom is 0.339 e. The first-order valence-electron chi connectivity index (χ1n) is 8.34. The van der Waals surface area contributed by atoms with Crippen molar-refractivity contribution < 1.29 is 14.7 Å². The van der Waals surface area contributed by atoms with Crippen molar-refractivity contribution in [1.29, 1.82) is 0 Å². The van der Waals surface area contributed by atoms with E-state index in [1.807, 2.05) is 34.0 Å². The number of aromatic nitrogens is 2. The van der Waals surface area contributed by atoms with Crippen molar-refractivity contribution in [2.75, 3.05) is 6.26 Å². The van der Waals surface area contributed by atoms with Gasteiger partial charge in [0.1, 0.15) is 5.56 Å². The minimum Gasteiger partial charge on any atom is -0.478 e. The molecule has 0 saturated carbocycles. The van der Waals surface area contributed by atoms with Crippen molar-refractivity contribution in [2.24, 2.45) is 0 Å². The first kappa shape index (κ1) is 19.9. The van der Waals surface area contributed by atoms with Crippen LogP contribution in [0, 0.1) is 0 Å². The highest BCUT2D eigenvalue weighted by molar-refractivity contribution is 7.98. The second kappa shape index (κ2) is 8.31. The minimum atomic E-state index is -1.13. The number of benzene rings is 1. The highest BCUT2D eigenvalue weighted by Crippen LogP contribution is 2.28. The third-order valence-electron chi connectivity index (χ3n) is 3.94. The van der Waals surface area contributed by atoms with Gasteiger partial charge in [0.2, 0.25) is 0 Å². The van der Waals surface area contributed by atoms with Gasteiger partial charge in [0.15, 0.2) is 5.16 Å². The zero-order valence-corrected chi connectivity index (χ0v) is 16.4. The summed E-state index contributed by atoms with van der Waals surface area (Å²) >= 11 is 1.32. The summed E-state index contributed by atoms with van der Waals surface area (Å²) in [6.07, 6.45) is 3.11. The van der Waals surface area contributed by atoms with Gasteiger partial charge in [0.05, 0.1) is 5.69 Å². The van der Waals surface area contributed by atoms with Gasteiger partial charge in [-0.2, -0.15) is 0 Å². The molecule has 0 fully saturated rings. The van der Waals surface area contributed by atoms with Gasteiger partial charge in [-0.05, 0) is 40.0 Å². The number of carbonyl (C=O) groups is 2. The summed E-state index contributed by atoms with van der Waals surface area (Å²) in [4.78, 5) is 35.0. The summed E-state index contributed by atoms with van der Waals surface area (Å²) in [5.74, 6) is -1.27. The molecule has 0 bridgehead atoms. The van der Waals surface area contributed by atoms with E-state index in [-0.39, 0.29) is 29.2 Å². The van der Waals surface area contributed by atoms with E-state index >= 15 is 0 Å². The average Bonchev–Trinajstić information content (AvgIpc) is 2.60. The lowest BCUT2D eigenvalue weighted by Gasteiger charge is -2.31. The quantitative estimate of drug-likeness (QED) is 0.612. The fraction of sp³-hybridized carbons (Fsp3) is 0.368. The molecule has 1 aromatic heterocycles. The minimum absolute atomic E-state index is 0.0154. The predicted octanol–water partition coefficient (Wildman–Crippen LogP) is 3.82. The van der Waals surface area contributed by atoms with E-state index in [2.05, 4.69) is 9.97 Å². The lowest BCUT2D eigenvalue weighted by atomic mass is 9.99. The highest BCUT2D eigenvalue weighted by atomic mass is 32.2. The number of hydrogen-bond acceptors (Lipinski definition) is 5. The molecule has 1 aromatic carbocycles. The van der Waals surface area contributed by atoms with Crippen LogP contribution in [0.5, 0.6) is 0 Å². The zero-order chi connectivity index (χ0) is 19.4.